The molecule has 0 aliphatic carbocycles. The number of carbonyl (C=O) groups excluding carboxylic acids is 2. The van der Waals surface area contributed by atoms with Crippen LogP contribution in [0.1, 0.15) is 32.6 Å². The van der Waals surface area contributed by atoms with Crippen molar-refractivity contribution < 1.29 is 27.8 Å². The van der Waals surface area contributed by atoms with Crippen molar-refractivity contribution in [2.24, 2.45) is 11.8 Å². The number of hydrogen-bond acceptors (Lipinski definition) is 6. The molecule has 0 radical (unpaired) electrons. The predicted octanol–water partition coefficient (Wildman–Crippen LogP) is 3.66. The Labute approximate surface area is 189 Å². The Morgan fingerprint density at radius 2 is 1.97 bits per heavy atom. The average molecular weight is 470 g/mol. The third-order valence-corrected chi connectivity index (χ3v) is 8.55. The summed E-state index contributed by atoms with van der Waals surface area (Å²) < 4.78 is 39.5. The molecule has 32 heavy (non-hydrogen) atoms. The second-order valence-corrected chi connectivity index (χ2v) is 11.3. The number of benzene rings is 1. The van der Waals surface area contributed by atoms with Crippen molar-refractivity contribution in [3.63, 3.8) is 0 Å². The van der Waals surface area contributed by atoms with Crippen LogP contribution in [0.5, 0.6) is 0 Å². The van der Waals surface area contributed by atoms with E-state index in [1.807, 2.05) is 11.8 Å². The highest BCUT2D eigenvalue weighted by atomic mass is 32.3. The maximum absolute atomic E-state index is 14.9. The molecular weight excluding hydrogens is 437 g/mol. The van der Waals surface area contributed by atoms with E-state index in [4.69, 9.17) is 4.74 Å². The molecule has 8 nitrogen and oxygen atoms in total. The zero-order valence-corrected chi connectivity index (χ0v) is 19.2. The maximum atomic E-state index is 14.9. The van der Waals surface area contributed by atoms with Crippen molar-refractivity contribution in [2.75, 3.05) is 47.5 Å². The molecule has 2 amide bonds. The lowest BCUT2D eigenvalue weighted by molar-refractivity contribution is -0.121. The zero-order valence-electron chi connectivity index (χ0n) is 18.3. The van der Waals surface area contributed by atoms with Gasteiger partial charge in [0.2, 0.25) is 5.91 Å². The largest absolute Gasteiger partial charge is 0.442 e. The standard InChI is InChI=1S/C22H32FN3O5S/c1-2-3-21(27)24-11-18-12-26(22(28)31-18)17-4-5-20(19(23)10-17)25-8-6-15(7-9-25)16-13-32(29,30)14-16/h4-5,10,15-16,18,29-30H,2-3,6-9,11-14H2,1H3,(H,24,27)/t18-/m0/s1. The lowest BCUT2D eigenvalue weighted by Gasteiger charge is -2.51. The van der Waals surface area contributed by atoms with Gasteiger partial charge in [-0.1, -0.05) is 6.92 Å². The third kappa shape index (κ3) is 5.13. The summed E-state index contributed by atoms with van der Waals surface area (Å²) in [4.78, 5) is 27.3. The highest BCUT2D eigenvalue weighted by Crippen LogP contribution is 2.55. The fourth-order valence-corrected chi connectivity index (χ4v) is 6.64. The number of anilines is 2. The molecule has 0 bridgehead atoms. The van der Waals surface area contributed by atoms with Crippen molar-refractivity contribution in [1.82, 2.24) is 5.32 Å². The molecule has 3 saturated heterocycles. The number of amides is 2. The van der Waals surface area contributed by atoms with Gasteiger partial charge in [-0.15, -0.1) is 0 Å². The molecule has 178 valence electrons. The van der Waals surface area contributed by atoms with Gasteiger partial charge in [-0.05, 0) is 49.3 Å². The number of rotatable bonds is 7. The molecule has 1 aromatic rings. The molecule has 4 rings (SSSR count). The lowest BCUT2D eigenvalue weighted by Crippen LogP contribution is -2.43. The van der Waals surface area contributed by atoms with Gasteiger partial charge in [-0.25, -0.2) is 9.18 Å². The molecule has 10 heteroatoms. The van der Waals surface area contributed by atoms with E-state index < -0.39 is 22.8 Å². The van der Waals surface area contributed by atoms with Gasteiger partial charge in [0.25, 0.3) is 0 Å². The van der Waals surface area contributed by atoms with E-state index in [1.54, 1.807) is 12.1 Å². The van der Waals surface area contributed by atoms with Gasteiger partial charge < -0.3 is 15.0 Å². The number of nitrogens with one attached hydrogen (secondary N) is 1. The van der Waals surface area contributed by atoms with Crippen LogP contribution in [-0.2, 0) is 9.53 Å². The van der Waals surface area contributed by atoms with Gasteiger partial charge in [0.05, 0.1) is 24.5 Å². The van der Waals surface area contributed by atoms with Crippen LogP contribution in [0.15, 0.2) is 18.2 Å². The summed E-state index contributed by atoms with van der Waals surface area (Å²) in [6.07, 6.45) is 1.99. The van der Waals surface area contributed by atoms with Crippen LogP contribution in [-0.4, -0.2) is 64.9 Å². The molecule has 0 unspecified atom stereocenters. The zero-order chi connectivity index (χ0) is 22.9. The van der Waals surface area contributed by atoms with E-state index in [0.717, 1.165) is 32.4 Å². The minimum atomic E-state index is -2.32. The average Bonchev–Trinajstić information content (AvgIpc) is 3.11. The first-order valence-electron chi connectivity index (χ1n) is 11.3. The predicted molar refractivity (Wildman–Crippen MR) is 123 cm³/mol. The van der Waals surface area contributed by atoms with Crippen molar-refractivity contribution in [2.45, 2.75) is 38.7 Å². The highest BCUT2D eigenvalue weighted by molar-refractivity contribution is 8.25. The Balaban J connectivity index is 1.32. The Morgan fingerprint density at radius 1 is 1.25 bits per heavy atom. The first-order valence-corrected chi connectivity index (χ1v) is 13.2. The molecule has 1 aromatic carbocycles. The molecule has 1 atom stereocenters. The molecule has 3 fully saturated rings. The lowest BCUT2D eigenvalue weighted by atomic mass is 9.86. The van der Waals surface area contributed by atoms with E-state index in [-0.39, 0.29) is 24.8 Å². The number of ether oxygens (including phenoxy) is 1. The Kier molecular flexibility index (Phi) is 6.83. The van der Waals surface area contributed by atoms with Crippen LogP contribution in [0.3, 0.4) is 0 Å². The van der Waals surface area contributed by atoms with Crippen LogP contribution >= 0.6 is 10.6 Å². The van der Waals surface area contributed by atoms with Gasteiger partial charge in [-0.3, -0.25) is 18.8 Å². The number of hydrogen-bond donors (Lipinski definition) is 3. The van der Waals surface area contributed by atoms with Crippen LogP contribution in [0.25, 0.3) is 0 Å². The summed E-state index contributed by atoms with van der Waals surface area (Å²) in [5, 5.41) is 2.76. The highest BCUT2D eigenvalue weighted by Gasteiger charge is 2.40. The van der Waals surface area contributed by atoms with Gasteiger partial charge in [-0.2, -0.15) is 10.6 Å². The summed E-state index contributed by atoms with van der Waals surface area (Å²) >= 11 is 0. The van der Waals surface area contributed by atoms with Crippen LogP contribution in [0, 0.1) is 17.7 Å². The molecule has 3 aliphatic heterocycles. The second-order valence-electron chi connectivity index (χ2n) is 9.03. The van der Waals surface area contributed by atoms with Crippen LogP contribution in [0.2, 0.25) is 0 Å². The van der Waals surface area contributed by atoms with Gasteiger partial charge in [0, 0.05) is 31.0 Å². The minimum Gasteiger partial charge on any atom is -0.442 e. The summed E-state index contributed by atoms with van der Waals surface area (Å²) in [6, 6.07) is 4.79. The normalized spacial score (nSPS) is 24.8. The molecule has 3 N–H and O–H groups in total. The number of piperidine rings is 1. The van der Waals surface area contributed by atoms with Gasteiger partial charge in [0.1, 0.15) is 11.9 Å². The van der Waals surface area contributed by atoms with Crippen molar-refractivity contribution in [3.8, 4) is 0 Å². The third-order valence-electron chi connectivity index (χ3n) is 6.63. The van der Waals surface area contributed by atoms with Crippen molar-refractivity contribution in [3.05, 3.63) is 24.0 Å². The first kappa shape index (κ1) is 23.1. The maximum Gasteiger partial charge on any atom is 0.414 e. The summed E-state index contributed by atoms with van der Waals surface area (Å²) in [7, 11) is -2.32. The van der Waals surface area contributed by atoms with Crippen molar-refractivity contribution >= 4 is 34.0 Å². The number of cyclic esters (lactones) is 1. The van der Waals surface area contributed by atoms with E-state index >= 15 is 0 Å². The monoisotopic (exact) mass is 469 g/mol. The molecule has 0 aromatic heterocycles. The number of halogens is 1. The van der Waals surface area contributed by atoms with Crippen LogP contribution in [0.4, 0.5) is 20.6 Å². The number of carbonyl (C=O) groups is 2. The smallest absolute Gasteiger partial charge is 0.414 e. The Morgan fingerprint density at radius 3 is 2.59 bits per heavy atom. The molecule has 3 heterocycles. The molecule has 3 aliphatic rings. The summed E-state index contributed by atoms with van der Waals surface area (Å²) in [6.45, 7) is 3.87. The number of nitrogens with zero attached hydrogens (tertiary/aromatic N) is 2. The minimum absolute atomic E-state index is 0.0771. The fraction of sp³-hybridized carbons (Fsp3) is 0.636. The quantitative estimate of drug-likeness (QED) is 0.563. The molecule has 0 spiro atoms. The Bertz CT molecular complexity index is 854. The first-order chi connectivity index (χ1) is 15.3. The molecular formula is C22H32FN3O5S. The summed E-state index contributed by atoms with van der Waals surface area (Å²) in [5.74, 6) is 1.39. The van der Waals surface area contributed by atoms with Gasteiger partial charge >= 0.3 is 6.09 Å². The Hall–Kier alpha value is -2.04. The van der Waals surface area contributed by atoms with Gasteiger partial charge in [0.15, 0.2) is 0 Å². The topological polar surface area (TPSA) is 102 Å². The molecule has 0 saturated carbocycles. The van der Waals surface area contributed by atoms with E-state index in [9.17, 15) is 23.1 Å². The van der Waals surface area contributed by atoms with E-state index in [0.29, 0.717) is 41.1 Å². The van der Waals surface area contributed by atoms with E-state index in [1.165, 1.54) is 11.0 Å². The van der Waals surface area contributed by atoms with Crippen molar-refractivity contribution in [1.29, 1.82) is 0 Å². The van der Waals surface area contributed by atoms with E-state index in [2.05, 4.69) is 5.32 Å². The SMILES string of the molecule is CCCC(=O)NC[C@H]1CN(c2ccc(N3CCC(C4CS(O)(O)C4)CC3)c(F)c2)C(=O)O1. The fourth-order valence-electron chi connectivity index (χ4n) is 4.82. The summed E-state index contributed by atoms with van der Waals surface area (Å²) in [5.41, 5.74) is 0.953. The second kappa shape index (κ2) is 9.44. The van der Waals surface area contributed by atoms with Crippen LogP contribution < -0.4 is 15.1 Å².